The van der Waals surface area contributed by atoms with Gasteiger partial charge in [0.2, 0.25) is 15.9 Å². The zero-order chi connectivity index (χ0) is 25.8. The molecule has 1 fully saturated rings. The molecule has 2 aromatic carbocycles. The highest BCUT2D eigenvalue weighted by molar-refractivity contribution is 7.89. The molecule has 1 aliphatic heterocycles. The number of sulfonamides is 1. The standard InChI is InChI=1S/C24H29Cl2N3O5S/c1-16-12-29(17(2)11-28(16)13-19-4-6-21(25)7-5-19)24(31)14-34-23-9-8-22(26)10-20(23)15-35(32,33)27-18(3)30/h4-10,16-17H,11-15H2,1-3H3,(H,27,30). The van der Waals surface area contributed by atoms with Crippen molar-refractivity contribution in [2.45, 2.75) is 45.2 Å². The quantitative estimate of drug-likeness (QED) is 0.549. The molecule has 35 heavy (non-hydrogen) atoms. The topological polar surface area (TPSA) is 96.0 Å². The summed E-state index contributed by atoms with van der Waals surface area (Å²) in [5.74, 6) is -1.17. The van der Waals surface area contributed by atoms with Gasteiger partial charge in [-0.3, -0.25) is 19.2 Å². The molecule has 2 unspecified atom stereocenters. The van der Waals surface area contributed by atoms with E-state index in [9.17, 15) is 18.0 Å². The highest BCUT2D eigenvalue weighted by Crippen LogP contribution is 2.25. The Kier molecular flexibility index (Phi) is 9.04. The smallest absolute Gasteiger partial charge is 0.260 e. The lowest BCUT2D eigenvalue weighted by Gasteiger charge is -2.44. The molecule has 0 saturated carbocycles. The summed E-state index contributed by atoms with van der Waals surface area (Å²) in [6, 6.07) is 12.4. The van der Waals surface area contributed by atoms with E-state index >= 15 is 0 Å². The van der Waals surface area contributed by atoms with Gasteiger partial charge in [-0.05, 0) is 49.7 Å². The molecule has 1 aliphatic rings. The molecule has 0 spiro atoms. The van der Waals surface area contributed by atoms with E-state index in [1.165, 1.54) is 12.1 Å². The summed E-state index contributed by atoms with van der Waals surface area (Å²) in [5, 5.41) is 1.01. The van der Waals surface area contributed by atoms with Crippen LogP contribution in [-0.2, 0) is 31.9 Å². The largest absolute Gasteiger partial charge is 0.483 e. The predicted octanol–water partition coefficient (Wildman–Crippen LogP) is 3.46. The summed E-state index contributed by atoms with van der Waals surface area (Å²) >= 11 is 12.0. The first-order valence-electron chi connectivity index (χ1n) is 11.1. The minimum Gasteiger partial charge on any atom is -0.483 e. The molecule has 1 heterocycles. The van der Waals surface area contributed by atoms with Crippen molar-refractivity contribution in [3.05, 3.63) is 63.6 Å². The van der Waals surface area contributed by atoms with Crippen LogP contribution in [0.15, 0.2) is 42.5 Å². The summed E-state index contributed by atoms with van der Waals surface area (Å²) < 4.78 is 32.0. The molecule has 0 bridgehead atoms. The van der Waals surface area contributed by atoms with Crippen LogP contribution in [0.1, 0.15) is 31.9 Å². The first kappa shape index (κ1) is 27.3. The number of benzene rings is 2. The number of nitrogens with zero attached hydrogens (tertiary/aromatic N) is 2. The molecule has 1 N–H and O–H groups in total. The van der Waals surface area contributed by atoms with Crippen molar-refractivity contribution in [1.29, 1.82) is 0 Å². The van der Waals surface area contributed by atoms with Gasteiger partial charge >= 0.3 is 0 Å². The number of amides is 2. The molecule has 0 radical (unpaired) electrons. The average molecular weight is 542 g/mol. The van der Waals surface area contributed by atoms with E-state index in [0.717, 1.165) is 19.0 Å². The fourth-order valence-corrected chi connectivity index (χ4v) is 5.54. The highest BCUT2D eigenvalue weighted by atomic mass is 35.5. The molecule has 2 amide bonds. The third-order valence-corrected chi connectivity index (χ3v) is 7.53. The van der Waals surface area contributed by atoms with Gasteiger partial charge in [0.25, 0.3) is 5.91 Å². The molecule has 0 aliphatic carbocycles. The van der Waals surface area contributed by atoms with Crippen LogP contribution in [0.25, 0.3) is 0 Å². The summed E-state index contributed by atoms with van der Waals surface area (Å²) in [6.07, 6.45) is 0. The lowest BCUT2D eigenvalue weighted by atomic mass is 10.1. The Morgan fingerprint density at radius 2 is 1.69 bits per heavy atom. The van der Waals surface area contributed by atoms with Crippen LogP contribution in [-0.4, -0.2) is 61.8 Å². The molecule has 2 atom stereocenters. The van der Waals surface area contributed by atoms with Crippen LogP contribution < -0.4 is 9.46 Å². The van der Waals surface area contributed by atoms with Crippen molar-refractivity contribution < 1.29 is 22.7 Å². The van der Waals surface area contributed by atoms with E-state index in [4.69, 9.17) is 27.9 Å². The highest BCUT2D eigenvalue weighted by Gasteiger charge is 2.32. The average Bonchev–Trinajstić information content (AvgIpc) is 2.75. The van der Waals surface area contributed by atoms with Crippen molar-refractivity contribution in [2.24, 2.45) is 0 Å². The third-order valence-electron chi connectivity index (χ3n) is 5.75. The molecule has 3 rings (SSSR count). The zero-order valence-electron chi connectivity index (χ0n) is 19.8. The summed E-state index contributed by atoms with van der Waals surface area (Å²) in [7, 11) is -3.93. The number of rotatable bonds is 8. The van der Waals surface area contributed by atoms with Gasteiger partial charge in [-0.2, -0.15) is 0 Å². The molecule has 190 valence electrons. The van der Waals surface area contributed by atoms with Crippen LogP contribution in [0.4, 0.5) is 0 Å². The van der Waals surface area contributed by atoms with Gasteiger partial charge in [-0.1, -0.05) is 35.3 Å². The van der Waals surface area contributed by atoms with Gasteiger partial charge in [-0.25, -0.2) is 8.42 Å². The summed E-state index contributed by atoms with van der Waals surface area (Å²) in [6.45, 7) is 6.95. The maximum atomic E-state index is 13.0. The zero-order valence-corrected chi connectivity index (χ0v) is 22.2. The molecule has 1 saturated heterocycles. The van der Waals surface area contributed by atoms with E-state index in [2.05, 4.69) is 11.8 Å². The van der Waals surface area contributed by atoms with Gasteiger partial charge < -0.3 is 9.64 Å². The SMILES string of the molecule is CC(=O)NS(=O)(=O)Cc1cc(Cl)ccc1OCC(=O)N1CC(C)N(Cc2ccc(Cl)cc2)CC1C. The fraction of sp³-hybridized carbons (Fsp3) is 0.417. The minimum absolute atomic E-state index is 0.0283. The monoisotopic (exact) mass is 541 g/mol. The Morgan fingerprint density at radius 3 is 2.34 bits per heavy atom. The van der Waals surface area contributed by atoms with E-state index in [1.807, 2.05) is 35.9 Å². The van der Waals surface area contributed by atoms with Gasteiger partial charge in [0, 0.05) is 54.3 Å². The van der Waals surface area contributed by atoms with Crippen LogP contribution in [0.2, 0.25) is 10.0 Å². The Hall–Kier alpha value is -2.33. The number of piperazine rings is 1. The van der Waals surface area contributed by atoms with Crippen molar-refractivity contribution in [3.8, 4) is 5.75 Å². The van der Waals surface area contributed by atoms with Crippen LogP contribution >= 0.6 is 23.2 Å². The van der Waals surface area contributed by atoms with Crippen LogP contribution in [0, 0.1) is 0 Å². The molecule has 2 aromatic rings. The van der Waals surface area contributed by atoms with Crippen molar-refractivity contribution >= 4 is 45.0 Å². The number of nitrogens with one attached hydrogen (secondary N) is 1. The van der Waals surface area contributed by atoms with Crippen molar-refractivity contribution in [1.82, 2.24) is 14.5 Å². The molecular weight excluding hydrogens is 513 g/mol. The van der Waals surface area contributed by atoms with Gasteiger partial charge in [0.15, 0.2) is 6.61 Å². The Morgan fingerprint density at radius 1 is 1.03 bits per heavy atom. The molecule has 8 nitrogen and oxygen atoms in total. The lowest BCUT2D eigenvalue weighted by Crippen LogP contribution is -2.58. The predicted molar refractivity (Wildman–Crippen MR) is 136 cm³/mol. The van der Waals surface area contributed by atoms with E-state index in [0.29, 0.717) is 23.1 Å². The van der Waals surface area contributed by atoms with E-state index in [-0.39, 0.29) is 35.9 Å². The second kappa shape index (κ2) is 11.6. The number of halogens is 2. The number of carbonyl (C=O) groups is 2. The second-order valence-corrected chi connectivity index (χ2v) is 11.4. The summed E-state index contributed by atoms with van der Waals surface area (Å²) in [5.41, 5.74) is 1.41. The maximum absolute atomic E-state index is 13.0. The first-order valence-corrected chi connectivity index (χ1v) is 13.5. The normalized spacial score (nSPS) is 18.8. The van der Waals surface area contributed by atoms with Crippen molar-refractivity contribution in [3.63, 3.8) is 0 Å². The number of carbonyl (C=O) groups excluding carboxylic acids is 2. The molecule has 11 heteroatoms. The number of hydrogen-bond donors (Lipinski definition) is 1. The molecular formula is C24H29Cl2N3O5S. The lowest BCUT2D eigenvalue weighted by molar-refractivity contribution is -0.139. The number of hydrogen-bond acceptors (Lipinski definition) is 6. The fourth-order valence-electron chi connectivity index (χ4n) is 4.07. The Balaban J connectivity index is 1.62. The Labute approximate surface area is 216 Å². The molecule has 0 aromatic heterocycles. The van der Waals surface area contributed by atoms with E-state index in [1.54, 1.807) is 11.0 Å². The Bertz CT molecular complexity index is 1170. The summed E-state index contributed by atoms with van der Waals surface area (Å²) in [4.78, 5) is 28.3. The minimum atomic E-state index is -3.93. The van der Waals surface area contributed by atoms with Crippen molar-refractivity contribution in [2.75, 3.05) is 19.7 Å². The van der Waals surface area contributed by atoms with Crippen LogP contribution in [0.3, 0.4) is 0 Å². The van der Waals surface area contributed by atoms with Crippen LogP contribution in [0.5, 0.6) is 5.75 Å². The second-order valence-electron chi connectivity index (χ2n) is 8.76. The number of ether oxygens (including phenoxy) is 1. The van der Waals surface area contributed by atoms with Gasteiger partial charge in [-0.15, -0.1) is 0 Å². The third kappa shape index (κ3) is 7.83. The van der Waals surface area contributed by atoms with E-state index < -0.39 is 21.7 Å². The van der Waals surface area contributed by atoms with Gasteiger partial charge in [0.1, 0.15) is 5.75 Å². The maximum Gasteiger partial charge on any atom is 0.260 e. The van der Waals surface area contributed by atoms with Gasteiger partial charge in [0.05, 0.1) is 5.75 Å². The first-order chi connectivity index (χ1) is 16.4.